The van der Waals surface area contributed by atoms with Gasteiger partial charge in [0.1, 0.15) is 5.82 Å². The Kier molecular flexibility index (Phi) is 33.1. The number of methoxy groups -OCH3 is 2. The number of amides is 1. The molecular formula is C97H119N15O12. The number of aliphatic imine (C=N–C) groups is 1. The zero-order valence-electron chi connectivity index (χ0n) is 73.5. The molecule has 124 heavy (non-hydrogen) atoms. The summed E-state index contributed by atoms with van der Waals surface area (Å²) in [6.45, 7) is 16.7. The predicted molar refractivity (Wildman–Crippen MR) is 486 cm³/mol. The second-order valence-electron chi connectivity index (χ2n) is 31.9. The summed E-state index contributed by atoms with van der Waals surface area (Å²) in [6, 6.07) is 39.3. The number of hydrogen-bond acceptors (Lipinski definition) is 22. The number of nitrogens with two attached hydrogens (primary N) is 1. The average Bonchev–Trinajstić information content (AvgIpc) is 1.36. The number of carboxylic acids is 1. The average molecular weight is 1690 g/mol. The number of fused-ring (bicyclic) bond motifs is 6. The van der Waals surface area contributed by atoms with Crippen molar-refractivity contribution >= 4 is 76.2 Å². The molecule has 4 aromatic heterocycles. The predicted octanol–water partition coefficient (Wildman–Crippen LogP) is 13.7. The normalized spacial score (nSPS) is 14.2. The standard InChI is InChI=1S/C23H28N6O.C17H21N3O2.C15H17N3O2.C12H15NO2.C12H14O2.C11H15NO.C7H9NO2/c1-15-9-22(24)27-16(2)20(15)12-25-23(30)19-11-26-29(14-19)13-17-6-7-18-5-4-8-28(3)21(18)10-17;1-3-22-17(21)15-10-18-20(12-15)11-13-6-7-14-5-4-8-19(2)16(14)9-13;1-17-6-2-3-12-5-4-11(7-14(12)17)9-18-10-13(8-16-18)15(19)20;1-13-7-3-4-9-5-6-10(8-11(9)13)12(14)15-2;1-14-12(13)11-7-6-9-4-2-3-5-10(9)8-11;1-12-6-2-3-10-5-4-9(8-13)7-11(10)12;1-2-10-7(9)6-3-4-8-5-6/h6-7,9-11,14H,4-5,8,12-13H2,1-3H3,(H2,24,27)(H,25,30);6-7,9-10,12H,3-5,8,11H2,1-2H3;4-5,7-8,10H,2-3,6,9H2,1H3,(H,19,20);5-6,8H,3-4,7H2,1-2H3;6-8H,2-5H2,1H3;4-5,7,13H,2-3,6,8H2,1H3;3,5H,2,4H2,1H3. The molecule has 1 amide bonds. The molecule has 0 fully saturated rings. The zero-order valence-corrected chi connectivity index (χ0v) is 73.5. The lowest BCUT2D eigenvalue weighted by Crippen LogP contribution is -2.25. The Hall–Kier alpha value is -12.9. The lowest BCUT2D eigenvalue weighted by molar-refractivity contribution is -0.137. The summed E-state index contributed by atoms with van der Waals surface area (Å²) < 4.78 is 24.3. The number of aromatic nitrogens is 7. The molecule has 0 saturated heterocycles. The Morgan fingerprint density at radius 3 is 1.26 bits per heavy atom. The summed E-state index contributed by atoms with van der Waals surface area (Å²) in [6.07, 6.45) is 29.4. The van der Waals surface area contributed by atoms with Gasteiger partial charge in [0, 0.05) is 133 Å². The number of nitrogens with zero attached hydrogens (tertiary/aromatic N) is 13. The van der Waals surface area contributed by atoms with Gasteiger partial charge >= 0.3 is 29.8 Å². The maximum atomic E-state index is 12.6. The number of hydrogen-bond donors (Lipinski definition) is 4. The number of nitrogen functional groups attached to an aromatic ring is 1. The SMILES string of the molecule is CCOC(=O)C1=CCN=C1.CCOC(=O)c1cnn(Cc2ccc3c(c2)N(C)CCC3)c1.CN1CCCc2ccc(CO)cc21.CN1CCCc2ccc(Cn3cc(C(=O)O)cn3)cc21.COC(=O)c1ccc2c(c1)CCCC2.COC(=O)c1ccc2c(c1)N(C)CCC2.Cc1cc(N)nc(C)c1CNC(=O)c1cnn(Cc2ccc3c(c2)N(C)CCC3)c1. The first-order valence-corrected chi connectivity index (χ1v) is 42.8. The largest absolute Gasteiger partial charge is 0.478 e. The van der Waals surface area contributed by atoms with Crippen LogP contribution in [0.1, 0.15) is 189 Å². The number of carbonyl (C=O) groups excluding carboxylic acids is 5. The first-order valence-electron chi connectivity index (χ1n) is 42.8. The molecule has 0 atom stereocenters. The summed E-state index contributed by atoms with van der Waals surface area (Å²) in [5.41, 5.74) is 32.2. The number of carbonyl (C=O) groups is 6. The van der Waals surface area contributed by atoms with Crippen molar-refractivity contribution in [2.45, 2.75) is 150 Å². The van der Waals surface area contributed by atoms with Crippen LogP contribution in [-0.4, -0.2) is 188 Å². The Balaban J connectivity index is 0.000000145. The van der Waals surface area contributed by atoms with Crippen molar-refractivity contribution in [1.82, 2.24) is 39.6 Å². The topological polar surface area (TPSA) is 313 Å². The molecule has 10 aromatic rings. The molecule has 0 spiro atoms. The Labute approximate surface area is 727 Å². The first kappa shape index (κ1) is 91.8. The lowest BCUT2D eigenvalue weighted by Gasteiger charge is -2.28. The summed E-state index contributed by atoms with van der Waals surface area (Å²) in [5.74, 6) is -1.70. The van der Waals surface area contributed by atoms with E-state index in [-0.39, 0.29) is 42.0 Å². The monoisotopic (exact) mass is 1690 g/mol. The summed E-state index contributed by atoms with van der Waals surface area (Å²) >= 11 is 0. The molecule has 654 valence electrons. The number of aliphatic hydroxyl groups is 1. The van der Waals surface area contributed by atoms with Crippen LogP contribution in [0.4, 0.5) is 34.3 Å². The van der Waals surface area contributed by atoms with Crippen LogP contribution in [0.3, 0.4) is 0 Å². The summed E-state index contributed by atoms with van der Waals surface area (Å²) in [4.78, 5) is 88.1. The number of benzene rings is 6. The van der Waals surface area contributed by atoms with Crippen LogP contribution in [0.2, 0.25) is 0 Å². The van der Waals surface area contributed by atoms with Crippen molar-refractivity contribution in [1.29, 1.82) is 0 Å². The molecule has 7 aliphatic rings. The van der Waals surface area contributed by atoms with Crippen LogP contribution in [0.5, 0.6) is 0 Å². The van der Waals surface area contributed by atoms with Crippen molar-refractivity contribution in [3.63, 3.8) is 0 Å². The van der Waals surface area contributed by atoms with E-state index >= 15 is 0 Å². The van der Waals surface area contributed by atoms with Crippen molar-refractivity contribution in [3.8, 4) is 0 Å². The molecule has 0 unspecified atom stereocenters. The van der Waals surface area contributed by atoms with Gasteiger partial charge in [-0.25, -0.2) is 29.0 Å². The highest BCUT2D eigenvalue weighted by atomic mass is 16.5. The quantitative estimate of drug-likeness (QED) is 0.0486. The molecule has 0 saturated carbocycles. The van der Waals surface area contributed by atoms with E-state index in [1.165, 1.54) is 151 Å². The van der Waals surface area contributed by atoms with E-state index in [4.69, 9.17) is 30.2 Å². The van der Waals surface area contributed by atoms with E-state index < -0.39 is 5.97 Å². The van der Waals surface area contributed by atoms with Gasteiger partial charge in [-0.2, -0.15) is 15.3 Å². The Morgan fingerprint density at radius 2 is 0.831 bits per heavy atom. The first-order chi connectivity index (χ1) is 59.9. The van der Waals surface area contributed by atoms with Crippen molar-refractivity contribution in [3.05, 3.63) is 270 Å². The van der Waals surface area contributed by atoms with Gasteiger partial charge in [0.05, 0.1) is 112 Å². The zero-order chi connectivity index (χ0) is 88.3. The maximum absolute atomic E-state index is 12.6. The molecule has 5 N–H and O–H groups in total. The summed E-state index contributed by atoms with van der Waals surface area (Å²) in [7, 11) is 13.4. The third kappa shape index (κ3) is 25.2. The van der Waals surface area contributed by atoms with Gasteiger partial charge in [0.15, 0.2) is 0 Å². The number of aromatic carboxylic acids is 1. The number of anilines is 6. The highest BCUT2D eigenvalue weighted by molar-refractivity contribution is 6.10. The van der Waals surface area contributed by atoms with Crippen LogP contribution in [0.25, 0.3) is 0 Å². The molecule has 0 bridgehead atoms. The van der Waals surface area contributed by atoms with Crippen molar-refractivity contribution < 1.29 is 57.9 Å². The molecule has 6 aromatic carbocycles. The van der Waals surface area contributed by atoms with Gasteiger partial charge in [0.2, 0.25) is 0 Å². The fourth-order valence-corrected chi connectivity index (χ4v) is 16.2. The van der Waals surface area contributed by atoms with Crippen LogP contribution in [-0.2, 0) is 101 Å². The number of pyridine rings is 1. The fraction of sp³-hybridized carbons (Fsp3) is 0.392. The molecule has 6 aliphatic heterocycles. The highest BCUT2D eigenvalue weighted by Crippen LogP contribution is 2.33. The molecule has 27 nitrogen and oxygen atoms in total. The number of carboxylic acid groups (broad SMARTS) is 1. The van der Waals surface area contributed by atoms with E-state index in [9.17, 15) is 28.8 Å². The van der Waals surface area contributed by atoms with Gasteiger partial charge in [-0.1, -0.05) is 60.7 Å². The maximum Gasteiger partial charge on any atom is 0.341 e. The molecule has 17 rings (SSSR count). The fourth-order valence-electron chi connectivity index (χ4n) is 16.2. The van der Waals surface area contributed by atoms with Crippen LogP contribution >= 0.6 is 0 Å². The van der Waals surface area contributed by atoms with Crippen molar-refractivity contribution in [2.24, 2.45) is 4.99 Å². The number of aliphatic hydroxyl groups excluding tert-OH is 1. The smallest absolute Gasteiger partial charge is 0.341 e. The Morgan fingerprint density at radius 1 is 0.444 bits per heavy atom. The van der Waals surface area contributed by atoms with E-state index in [0.717, 1.165) is 105 Å². The van der Waals surface area contributed by atoms with Crippen molar-refractivity contribution in [2.75, 3.05) is 132 Å². The van der Waals surface area contributed by atoms with Gasteiger partial charge in [-0.3, -0.25) is 23.8 Å². The number of esters is 4. The molecular weight excluding hydrogens is 1570 g/mol. The number of rotatable bonds is 17. The van der Waals surface area contributed by atoms with Gasteiger partial charge in [-0.05, 0) is 251 Å². The number of nitrogens with one attached hydrogen (secondary N) is 1. The van der Waals surface area contributed by atoms with Gasteiger partial charge in [0.25, 0.3) is 5.91 Å². The lowest BCUT2D eigenvalue weighted by atomic mass is 9.90. The van der Waals surface area contributed by atoms with E-state index in [1.54, 1.807) is 65.0 Å². The van der Waals surface area contributed by atoms with Crippen LogP contribution in [0.15, 0.2) is 169 Å². The second kappa shape index (κ2) is 44.8. The minimum atomic E-state index is -0.943. The van der Waals surface area contributed by atoms with E-state index in [1.807, 2.05) is 56.3 Å². The molecule has 1 aliphatic carbocycles. The second-order valence-corrected chi connectivity index (χ2v) is 31.9. The van der Waals surface area contributed by atoms with Crippen LogP contribution in [0, 0.1) is 13.8 Å². The third-order valence-electron chi connectivity index (χ3n) is 22.9. The minimum absolute atomic E-state index is 0.140. The van der Waals surface area contributed by atoms with E-state index in [0.29, 0.717) is 79.6 Å². The third-order valence-corrected chi connectivity index (χ3v) is 22.9. The molecule has 0 radical (unpaired) electrons. The van der Waals surface area contributed by atoms with Crippen LogP contribution < -0.4 is 35.6 Å². The Bertz CT molecular complexity index is 5410. The molecule has 10 heterocycles. The highest BCUT2D eigenvalue weighted by Gasteiger charge is 2.23. The van der Waals surface area contributed by atoms with E-state index in [2.05, 4.69) is 168 Å². The number of ether oxygens (including phenoxy) is 4. The summed E-state index contributed by atoms with van der Waals surface area (Å²) in [5, 5.41) is 33.6. The number of aryl methyl sites for hydroxylation is 9. The van der Waals surface area contributed by atoms with Gasteiger partial charge in [-0.15, -0.1) is 0 Å². The minimum Gasteiger partial charge on any atom is -0.478 e. The molecule has 27 heteroatoms. The van der Waals surface area contributed by atoms with Gasteiger partial charge < -0.3 is 64.7 Å².